The predicted molar refractivity (Wildman–Crippen MR) is 73.7 cm³/mol. The molecule has 1 saturated heterocycles. The Hall–Kier alpha value is -1.46. The summed E-state index contributed by atoms with van der Waals surface area (Å²) in [6, 6.07) is 5.14. The highest BCUT2D eigenvalue weighted by Gasteiger charge is 2.17. The van der Waals surface area contributed by atoms with Gasteiger partial charge in [0.2, 0.25) is 5.91 Å². The molecule has 0 radical (unpaired) electrons. The molecular formula is C14H20FN3O. The molecule has 1 aliphatic rings. The van der Waals surface area contributed by atoms with Crippen LogP contribution in [0.4, 0.5) is 10.1 Å². The Morgan fingerprint density at radius 3 is 3.05 bits per heavy atom. The molecule has 1 aromatic carbocycles. The van der Waals surface area contributed by atoms with Crippen LogP contribution in [0.2, 0.25) is 0 Å². The number of nitrogens with zero attached hydrogens (tertiary/aromatic N) is 1. The summed E-state index contributed by atoms with van der Waals surface area (Å²) in [6.45, 7) is 6.76. The van der Waals surface area contributed by atoms with Gasteiger partial charge in [-0.2, -0.15) is 0 Å². The zero-order valence-corrected chi connectivity index (χ0v) is 11.4. The molecule has 0 bridgehead atoms. The number of halogens is 1. The molecule has 5 heteroatoms. The van der Waals surface area contributed by atoms with Crippen LogP contribution in [0, 0.1) is 12.7 Å². The zero-order valence-electron chi connectivity index (χ0n) is 11.4. The minimum atomic E-state index is -0.298. The number of nitrogens with one attached hydrogen (secondary N) is 2. The van der Waals surface area contributed by atoms with E-state index >= 15 is 0 Å². The number of aryl methyl sites for hydroxylation is 1. The van der Waals surface area contributed by atoms with E-state index in [1.807, 2.05) is 0 Å². The lowest BCUT2D eigenvalue weighted by Crippen LogP contribution is -2.51. The van der Waals surface area contributed by atoms with E-state index in [0.29, 0.717) is 23.8 Å². The van der Waals surface area contributed by atoms with E-state index in [1.165, 1.54) is 6.07 Å². The smallest absolute Gasteiger partial charge is 0.238 e. The molecule has 1 aromatic rings. The van der Waals surface area contributed by atoms with Crippen molar-refractivity contribution < 1.29 is 9.18 Å². The molecule has 1 heterocycles. The van der Waals surface area contributed by atoms with Gasteiger partial charge >= 0.3 is 0 Å². The highest BCUT2D eigenvalue weighted by Crippen LogP contribution is 2.13. The summed E-state index contributed by atoms with van der Waals surface area (Å²) >= 11 is 0. The maximum Gasteiger partial charge on any atom is 0.238 e. The fraction of sp³-hybridized carbons (Fsp3) is 0.500. The number of hydrogen-bond donors (Lipinski definition) is 2. The van der Waals surface area contributed by atoms with Crippen molar-refractivity contribution >= 4 is 11.6 Å². The molecule has 0 aliphatic carbocycles. The van der Waals surface area contributed by atoms with Gasteiger partial charge < -0.3 is 10.6 Å². The molecule has 0 saturated carbocycles. The molecular weight excluding hydrogens is 245 g/mol. The van der Waals surface area contributed by atoms with Gasteiger partial charge in [0.05, 0.1) is 6.54 Å². The number of carbonyl (C=O) groups is 1. The average Bonchev–Trinajstić information content (AvgIpc) is 2.34. The van der Waals surface area contributed by atoms with Crippen molar-refractivity contribution in [2.45, 2.75) is 19.9 Å². The van der Waals surface area contributed by atoms with Crippen molar-refractivity contribution in [1.82, 2.24) is 10.2 Å². The highest BCUT2D eigenvalue weighted by molar-refractivity contribution is 5.92. The third-order valence-electron chi connectivity index (χ3n) is 3.28. The quantitative estimate of drug-likeness (QED) is 0.867. The van der Waals surface area contributed by atoms with E-state index < -0.39 is 0 Å². The van der Waals surface area contributed by atoms with Gasteiger partial charge in [-0.15, -0.1) is 0 Å². The van der Waals surface area contributed by atoms with E-state index in [1.54, 1.807) is 19.1 Å². The van der Waals surface area contributed by atoms with Crippen LogP contribution in [0.1, 0.15) is 12.5 Å². The Kier molecular flexibility index (Phi) is 4.50. The number of piperazine rings is 1. The van der Waals surface area contributed by atoms with Gasteiger partial charge in [-0.1, -0.05) is 6.07 Å². The topological polar surface area (TPSA) is 44.4 Å². The summed E-state index contributed by atoms with van der Waals surface area (Å²) in [5.74, 6) is -0.397. The van der Waals surface area contributed by atoms with E-state index in [0.717, 1.165) is 19.6 Å². The summed E-state index contributed by atoms with van der Waals surface area (Å²) in [7, 11) is 0. The van der Waals surface area contributed by atoms with Crippen molar-refractivity contribution in [1.29, 1.82) is 0 Å². The van der Waals surface area contributed by atoms with Crippen LogP contribution < -0.4 is 10.6 Å². The lowest BCUT2D eigenvalue weighted by molar-refractivity contribution is -0.117. The zero-order chi connectivity index (χ0) is 13.8. The second-order valence-corrected chi connectivity index (χ2v) is 5.10. The fourth-order valence-corrected chi connectivity index (χ4v) is 2.23. The number of rotatable bonds is 3. The summed E-state index contributed by atoms with van der Waals surface area (Å²) in [4.78, 5) is 14.0. The van der Waals surface area contributed by atoms with Gasteiger partial charge in [-0.25, -0.2) is 4.39 Å². The Morgan fingerprint density at radius 2 is 2.37 bits per heavy atom. The maximum absolute atomic E-state index is 13.4. The summed E-state index contributed by atoms with van der Waals surface area (Å²) in [5, 5.41) is 6.06. The minimum Gasteiger partial charge on any atom is -0.325 e. The Balaban J connectivity index is 1.88. The lowest BCUT2D eigenvalue weighted by Gasteiger charge is -2.31. The molecule has 0 aromatic heterocycles. The molecule has 0 spiro atoms. The number of carbonyl (C=O) groups excluding carboxylic acids is 1. The third-order valence-corrected chi connectivity index (χ3v) is 3.28. The molecule has 1 atom stereocenters. The first kappa shape index (κ1) is 14.0. The van der Waals surface area contributed by atoms with Crippen LogP contribution in [0.5, 0.6) is 0 Å². The third kappa shape index (κ3) is 4.01. The summed E-state index contributed by atoms with van der Waals surface area (Å²) in [5.41, 5.74) is 1.09. The monoisotopic (exact) mass is 265 g/mol. The molecule has 2 N–H and O–H groups in total. The molecule has 1 amide bonds. The van der Waals surface area contributed by atoms with Crippen LogP contribution in [0.3, 0.4) is 0 Å². The molecule has 2 rings (SSSR count). The molecule has 1 aliphatic heterocycles. The second-order valence-electron chi connectivity index (χ2n) is 5.10. The molecule has 4 nitrogen and oxygen atoms in total. The van der Waals surface area contributed by atoms with E-state index in [9.17, 15) is 9.18 Å². The van der Waals surface area contributed by atoms with Crippen molar-refractivity contribution in [3.8, 4) is 0 Å². The number of amides is 1. The molecule has 19 heavy (non-hydrogen) atoms. The largest absolute Gasteiger partial charge is 0.325 e. The first-order chi connectivity index (χ1) is 9.04. The highest BCUT2D eigenvalue weighted by atomic mass is 19.1. The van der Waals surface area contributed by atoms with Crippen LogP contribution in [0.25, 0.3) is 0 Å². The lowest BCUT2D eigenvalue weighted by atomic mass is 10.2. The summed E-state index contributed by atoms with van der Waals surface area (Å²) < 4.78 is 13.4. The maximum atomic E-state index is 13.4. The average molecular weight is 265 g/mol. The van der Waals surface area contributed by atoms with Crippen LogP contribution in [0.15, 0.2) is 18.2 Å². The van der Waals surface area contributed by atoms with Crippen LogP contribution in [-0.2, 0) is 4.79 Å². The second kappa shape index (κ2) is 6.12. The first-order valence-corrected chi connectivity index (χ1v) is 6.56. The van der Waals surface area contributed by atoms with Crippen LogP contribution in [-0.4, -0.2) is 43.0 Å². The van der Waals surface area contributed by atoms with Crippen molar-refractivity contribution in [3.05, 3.63) is 29.6 Å². The van der Waals surface area contributed by atoms with E-state index in [4.69, 9.17) is 0 Å². The van der Waals surface area contributed by atoms with Crippen molar-refractivity contribution in [2.24, 2.45) is 0 Å². The van der Waals surface area contributed by atoms with Gasteiger partial charge in [-0.05, 0) is 31.5 Å². The molecule has 0 unspecified atom stereocenters. The van der Waals surface area contributed by atoms with Gasteiger partial charge in [0.15, 0.2) is 0 Å². The predicted octanol–water partition coefficient (Wildman–Crippen LogP) is 1.37. The summed E-state index contributed by atoms with van der Waals surface area (Å²) in [6.07, 6.45) is 0. The van der Waals surface area contributed by atoms with Gasteiger partial charge in [0, 0.05) is 31.4 Å². The number of hydrogen-bond acceptors (Lipinski definition) is 3. The van der Waals surface area contributed by atoms with Gasteiger partial charge in [0.1, 0.15) is 5.82 Å². The number of benzene rings is 1. The van der Waals surface area contributed by atoms with E-state index in [-0.39, 0.29) is 11.7 Å². The Bertz CT molecular complexity index is 464. The SMILES string of the molecule is Cc1ccc(NC(=O)CN2CCN[C@@H](C)C2)cc1F. The standard InChI is InChI=1S/C14H20FN3O/c1-10-3-4-12(7-13(10)15)17-14(19)9-18-6-5-16-11(2)8-18/h3-4,7,11,16H,5-6,8-9H2,1-2H3,(H,17,19)/t11-/m0/s1. The van der Waals surface area contributed by atoms with Gasteiger partial charge in [-0.3, -0.25) is 9.69 Å². The normalized spacial score (nSPS) is 20.3. The Labute approximate surface area is 113 Å². The van der Waals surface area contributed by atoms with E-state index in [2.05, 4.69) is 22.5 Å². The van der Waals surface area contributed by atoms with Crippen LogP contribution >= 0.6 is 0 Å². The van der Waals surface area contributed by atoms with Crippen molar-refractivity contribution in [2.75, 3.05) is 31.5 Å². The first-order valence-electron chi connectivity index (χ1n) is 6.56. The van der Waals surface area contributed by atoms with Crippen molar-refractivity contribution in [3.63, 3.8) is 0 Å². The molecule has 1 fully saturated rings. The van der Waals surface area contributed by atoms with Gasteiger partial charge in [0.25, 0.3) is 0 Å². The number of anilines is 1. The molecule has 104 valence electrons. The fourth-order valence-electron chi connectivity index (χ4n) is 2.23. The minimum absolute atomic E-state index is 0.0997. The Morgan fingerprint density at radius 1 is 1.58 bits per heavy atom.